The van der Waals surface area contributed by atoms with Crippen LogP contribution in [0.2, 0.25) is 0 Å². The van der Waals surface area contributed by atoms with Gasteiger partial charge in [-0.25, -0.2) is 9.78 Å². The molecule has 0 unspecified atom stereocenters. The number of carboxylic acids is 1. The molecule has 0 amide bonds. The number of H-pyrrole nitrogens is 1. The molecular weight excluding hydrogens is 218 g/mol. The molecule has 0 atom stereocenters. The van der Waals surface area contributed by atoms with E-state index in [0.717, 1.165) is 24.1 Å². The number of aromatic nitrogens is 3. The molecule has 0 saturated heterocycles. The molecular formula is C12H11N3O2. The number of pyridine rings is 1. The maximum Gasteiger partial charge on any atom is 0.356 e. The lowest BCUT2D eigenvalue weighted by molar-refractivity contribution is 0.0690. The van der Waals surface area contributed by atoms with Crippen molar-refractivity contribution in [2.24, 2.45) is 0 Å². The van der Waals surface area contributed by atoms with Crippen LogP contribution in [-0.2, 0) is 0 Å². The smallest absolute Gasteiger partial charge is 0.356 e. The summed E-state index contributed by atoms with van der Waals surface area (Å²) in [6, 6.07) is 3.61. The van der Waals surface area contributed by atoms with Crippen LogP contribution in [0.3, 0.4) is 0 Å². The van der Waals surface area contributed by atoms with E-state index < -0.39 is 5.97 Å². The summed E-state index contributed by atoms with van der Waals surface area (Å²) in [4.78, 5) is 22.3. The van der Waals surface area contributed by atoms with Crippen LogP contribution in [0.15, 0.2) is 24.5 Å². The molecule has 2 heterocycles. The number of carbonyl (C=O) groups is 1. The van der Waals surface area contributed by atoms with Crippen LogP contribution in [0.5, 0.6) is 0 Å². The molecule has 1 aliphatic rings. The zero-order chi connectivity index (χ0) is 11.8. The van der Waals surface area contributed by atoms with Crippen molar-refractivity contribution in [3.63, 3.8) is 0 Å². The van der Waals surface area contributed by atoms with Crippen molar-refractivity contribution in [3.05, 3.63) is 35.9 Å². The van der Waals surface area contributed by atoms with Gasteiger partial charge in [-0.05, 0) is 25.0 Å². The van der Waals surface area contributed by atoms with Crippen LogP contribution in [0.25, 0.3) is 11.4 Å². The van der Waals surface area contributed by atoms with Crippen molar-refractivity contribution in [1.29, 1.82) is 0 Å². The fourth-order valence-corrected chi connectivity index (χ4v) is 1.86. The predicted octanol–water partition coefficient (Wildman–Crippen LogP) is 2.05. The maximum absolute atomic E-state index is 11.1. The number of hydrogen-bond acceptors (Lipinski definition) is 3. The Hall–Kier alpha value is -2.17. The second kappa shape index (κ2) is 3.69. The lowest BCUT2D eigenvalue weighted by Crippen LogP contribution is -2.00. The largest absolute Gasteiger partial charge is 0.476 e. The summed E-state index contributed by atoms with van der Waals surface area (Å²) in [5, 5.41) is 9.11. The first-order valence-electron chi connectivity index (χ1n) is 5.49. The lowest BCUT2D eigenvalue weighted by Gasteiger charge is -1.94. The fourth-order valence-electron chi connectivity index (χ4n) is 1.86. The minimum atomic E-state index is -0.969. The topological polar surface area (TPSA) is 78.9 Å². The maximum atomic E-state index is 11.1. The first kappa shape index (κ1) is 10.0. The average molecular weight is 229 g/mol. The van der Waals surface area contributed by atoms with Crippen LogP contribution in [0.4, 0.5) is 0 Å². The average Bonchev–Trinajstić information content (AvgIpc) is 3.09. The van der Waals surface area contributed by atoms with E-state index in [9.17, 15) is 4.79 Å². The van der Waals surface area contributed by atoms with Gasteiger partial charge in [0.2, 0.25) is 0 Å². The second-order valence-electron chi connectivity index (χ2n) is 4.16. The van der Waals surface area contributed by atoms with Crippen molar-refractivity contribution in [1.82, 2.24) is 15.0 Å². The molecule has 1 aliphatic carbocycles. The molecule has 0 radical (unpaired) electrons. The van der Waals surface area contributed by atoms with Crippen molar-refractivity contribution >= 4 is 5.97 Å². The molecule has 3 rings (SSSR count). The van der Waals surface area contributed by atoms with E-state index in [1.165, 1.54) is 0 Å². The number of rotatable bonds is 3. The molecule has 17 heavy (non-hydrogen) atoms. The Morgan fingerprint density at radius 2 is 2.06 bits per heavy atom. The Morgan fingerprint density at radius 3 is 2.65 bits per heavy atom. The molecule has 1 saturated carbocycles. The van der Waals surface area contributed by atoms with Crippen LogP contribution in [-0.4, -0.2) is 26.0 Å². The van der Waals surface area contributed by atoms with E-state index in [4.69, 9.17) is 5.11 Å². The molecule has 0 bridgehead atoms. The van der Waals surface area contributed by atoms with Crippen LogP contribution >= 0.6 is 0 Å². The first-order valence-corrected chi connectivity index (χ1v) is 5.49. The summed E-state index contributed by atoms with van der Waals surface area (Å²) >= 11 is 0. The van der Waals surface area contributed by atoms with Crippen molar-refractivity contribution in [2.45, 2.75) is 18.8 Å². The van der Waals surface area contributed by atoms with E-state index in [-0.39, 0.29) is 5.69 Å². The Labute approximate surface area is 97.5 Å². The normalized spacial score (nSPS) is 14.8. The van der Waals surface area contributed by atoms with E-state index >= 15 is 0 Å². The van der Waals surface area contributed by atoms with Gasteiger partial charge in [-0.3, -0.25) is 4.98 Å². The third kappa shape index (κ3) is 1.80. The quantitative estimate of drug-likeness (QED) is 0.844. The number of aromatic amines is 1. The van der Waals surface area contributed by atoms with E-state index in [0.29, 0.717) is 11.7 Å². The van der Waals surface area contributed by atoms with Gasteiger partial charge in [0, 0.05) is 23.9 Å². The summed E-state index contributed by atoms with van der Waals surface area (Å²) < 4.78 is 0. The third-order valence-electron chi connectivity index (χ3n) is 2.87. The summed E-state index contributed by atoms with van der Waals surface area (Å²) in [6.07, 6.45) is 5.40. The molecule has 5 heteroatoms. The standard InChI is InChI=1S/C12H11N3O2/c16-12(17)10-9(7-1-2-7)14-11(15-10)8-3-5-13-6-4-8/h3-7H,1-2H2,(H,14,15)(H,16,17). The van der Waals surface area contributed by atoms with Gasteiger partial charge in [-0.1, -0.05) is 0 Å². The monoisotopic (exact) mass is 229 g/mol. The first-order chi connectivity index (χ1) is 8.25. The molecule has 86 valence electrons. The van der Waals surface area contributed by atoms with Gasteiger partial charge in [0.05, 0.1) is 5.69 Å². The highest BCUT2D eigenvalue weighted by Crippen LogP contribution is 2.41. The molecule has 0 aromatic carbocycles. The predicted molar refractivity (Wildman–Crippen MR) is 60.8 cm³/mol. The molecule has 2 aromatic rings. The van der Waals surface area contributed by atoms with Gasteiger partial charge < -0.3 is 10.1 Å². The molecule has 5 nitrogen and oxygen atoms in total. The van der Waals surface area contributed by atoms with Gasteiger partial charge in [0.1, 0.15) is 5.82 Å². The number of nitrogens with zero attached hydrogens (tertiary/aromatic N) is 2. The van der Waals surface area contributed by atoms with E-state index in [1.807, 2.05) is 0 Å². The van der Waals surface area contributed by atoms with Crippen molar-refractivity contribution in [2.75, 3.05) is 0 Å². The summed E-state index contributed by atoms with van der Waals surface area (Å²) in [7, 11) is 0. The SMILES string of the molecule is O=C(O)c1nc(-c2ccncc2)[nH]c1C1CC1. The number of hydrogen-bond donors (Lipinski definition) is 2. The van der Waals surface area contributed by atoms with Crippen LogP contribution in [0.1, 0.15) is 34.9 Å². The van der Waals surface area contributed by atoms with Crippen molar-refractivity contribution in [3.8, 4) is 11.4 Å². The molecule has 2 aromatic heterocycles. The number of imidazole rings is 1. The van der Waals surface area contributed by atoms with Gasteiger partial charge >= 0.3 is 5.97 Å². The molecule has 2 N–H and O–H groups in total. The zero-order valence-corrected chi connectivity index (χ0v) is 9.05. The van der Waals surface area contributed by atoms with Gasteiger partial charge in [0.25, 0.3) is 0 Å². The Morgan fingerprint density at radius 1 is 1.35 bits per heavy atom. The Balaban J connectivity index is 2.07. The zero-order valence-electron chi connectivity index (χ0n) is 9.05. The van der Waals surface area contributed by atoms with E-state index in [1.54, 1.807) is 24.5 Å². The molecule has 0 spiro atoms. The minimum absolute atomic E-state index is 0.152. The lowest BCUT2D eigenvalue weighted by atomic mass is 10.2. The van der Waals surface area contributed by atoms with Gasteiger partial charge in [0.15, 0.2) is 5.69 Å². The van der Waals surface area contributed by atoms with Crippen molar-refractivity contribution < 1.29 is 9.90 Å². The fraction of sp³-hybridized carbons (Fsp3) is 0.250. The van der Waals surface area contributed by atoms with Gasteiger partial charge in [-0.15, -0.1) is 0 Å². The van der Waals surface area contributed by atoms with Gasteiger partial charge in [-0.2, -0.15) is 0 Å². The summed E-state index contributed by atoms with van der Waals surface area (Å²) in [6.45, 7) is 0. The van der Waals surface area contributed by atoms with Crippen LogP contribution in [0, 0.1) is 0 Å². The highest BCUT2D eigenvalue weighted by molar-refractivity contribution is 5.88. The highest BCUT2D eigenvalue weighted by atomic mass is 16.4. The minimum Gasteiger partial charge on any atom is -0.476 e. The summed E-state index contributed by atoms with van der Waals surface area (Å²) in [5.74, 6) is -0.0284. The van der Waals surface area contributed by atoms with E-state index in [2.05, 4.69) is 15.0 Å². The number of carboxylic acid groups (broad SMARTS) is 1. The Bertz CT molecular complexity index is 558. The Kier molecular flexibility index (Phi) is 2.18. The third-order valence-corrected chi connectivity index (χ3v) is 2.87. The van der Waals surface area contributed by atoms with Crippen LogP contribution < -0.4 is 0 Å². The highest BCUT2D eigenvalue weighted by Gasteiger charge is 2.31. The molecule has 0 aliphatic heterocycles. The second-order valence-corrected chi connectivity index (χ2v) is 4.16. The molecule has 1 fully saturated rings. The summed E-state index contributed by atoms with van der Waals surface area (Å²) in [5.41, 5.74) is 1.76. The number of aromatic carboxylic acids is 1. The number of nitrogens with one attached hydrogen (secondary N) is 1.